The summed E-state index contributed by atoms with van der Waals surface area (Å²) in [6.07, 6.45) is 10.2. The van der Waals surface area contributed by atoms with Gasteiger partial charge in [0.15, 0.2) is 11.5 Å². The molecule has 0 radical (unpaired) electrons. The molecule has 0 spiro atoms. The smallest absolute Gasteiger partial charge is 0.257 e. The van der Waals surface area contributed by atoms with E-state index in [0.29, 0.717) is 18.3 Å². The van der Waals surface area contributed by atoms with Gasteiger partial charge in [-0.15, -0.1) is 0 Å². The van der Waals surface area contributed by atoms with Gasteiger partial charge in [-0.2, -0.15) is 0 Å². The molecule has 1 saturated carbocycles. The van der Waals surface area contributed by atoms with E-state index in [4.69, 9.17) is 4.74 Å². The Bertz CT molecular complexity index is 835. The Kier molecular flexibility index (Phi) is 6.72. The van der Waals surface area contributed by atoms with Crippen LogP contribution in [0, 0.1) is 35.0 Å². The third kappa shape index (κ3) is 4.33. The maximum atomic E-state index is 14.1. The number of methoxy groups -OCH3 is 1. The summed E-state index contributed by atoms with van der Waals surface area (Å²) in [5.74, 6) is 0.777. The summed E-state index contributed by atoms with van der Waals surface area (Å²) >= 11 is 0. The SMILES string of the molecule is CC=C(C)[C@H]1C(C)=C[C@@]2(C)C[C@@H](C)CC[C@@H]2[C@H]1C(=O)C1=C[C@@](CC(C)C)(OC)NC1=O. The first kappa shape index (κ1) is 24.0. The van der Waals surface area contributed by atoms with Crippen LogP contribution in [0.15, 0.2) is 34.9 Å². The standard InChI is InChI=1S/C27H41NO3/c1-9-18(5)22-19(6)14-26(7)13-17(4)10-11-21(26)23(22)24(29)20-15-27(31-8,12-16(2)3)28-25(20)30/h9,14-17,21-23H,10-13H2,1-8H3,(H,28,30)/t17-,21+,22-,23+,26+,27+/m0/s1. The largest absolute Gasteiger partial charge is 0.355 e. The van der Waals surface area contributed by atoms with Crippen LogP contribution in [0.2, 0.25) is 0 Å². The number of hydrogen-bond donors (Lipinski definition) is 1. The fourth-order valence-electron chi connectivity index (χ4n) is 6.70. The number of ketones is 1. The summed E-state index contributed by atoms with van der Waals surface area (Å²) in [7, 11) is 1.60. The number of carbonyl (C=O) groups excluding carboxylic acids is 2. The Morgan fingerprint density at radius 1 is 1.32 bits per heavy atom. The summed E-state index contributed by atoms with van der Waals surface area (Å²) in [4.78, 5) is 27.1. The van der Waals surface area contributed by atoms with Gasteiger partial charge in [-0.25, -0.2) is 0 Å². The number of fused-ring (bicyclic) bond motifs is 1. The van der Waals surface area contributed by atoms with E-state index in [1.54, 1.807) is 13.2 Å². The normalized spacial score (nSPS) is 38.5. The lowest BCUT2D eigenvalue weighted by Gasteiger charge is -2.52. The van der Waals surface area contributed by atoms with Crippen molar-refractivity contribution in [1.29, 1.82) is 0 Å². The van der Waals surface area contributed by atoms with Crippen molar-refractivity contribution in [2.45, 2.75) is 79.9 Å². The fourth-order valence-corrected chi connectivity index (χ4v) is 6.70. The second kappa shape index (κ2) is 8.69. The summed E-state index contributed by atoms with van der Waals surface area (Å²) in [5, 5.41) is 2.97. The highest BCUT2D eigenvalue weighted by atomic mass is 16.5. The fraction of sp³-hybridized carbons (Fsp3) is 0.704. The lowest BCUT2D eigenvalue weighted by atomic mass is 9.52. The molecule has 3 rings (SSSR count). The lowest BCUT2D eigenvalue weighted by molar-refractivity contribution is -0.129. The topological polar surface area (TPSA) is 55.4 Å². The Hall–Kier alpha value is -1.68. The van der Waals surface area contributed by atoms with Gasteiger partial charge in [-0.05, 0) is 62.9 Å². The Balaban J connectivity index is 2.08. The minimum absolute atomic E-state index is 0.00147. The van der Waals surface area contributed by atoms with Crippen LogP contribution in [0.3, 0.4) is 0 Å². The van der Waals surface area contributed by atoms with Gasteiger partial charge in [0.25, 0.3) is 5.91 Å². The van der Waals surface area contributed by atoms with Crippen LogP contribution in [-0.4, -0.2) is 24.5 Å². The molecule has 0 bridgehead atoms. The van der Waals surface area contributed by atoms with Crippen LogP contribution in [0.4, 0.5) is 0 Å². The minimum atomic E-state index is -0.884. The number of ether oxygens (including phenoxy) is 1. The second-order valence-corrected chi connectivity index (χ2v) is 11.0. The molecule has 1 amide bonds. The van der Waals surface area contributed by atoms with Gasteiger partial charge in [0, 0.05) is 25.4 Å². The molecule has 2 aliphatic carbocycles. The third-order valence-electron chi connectivity index (χ3n) is 7.98. The lowest BCUT2D eigenvalue weighted by Crippen LogP contribution is -2.48. The van der Waals surface area contributed by atoms with Crippen LogP contribution in [-0.2, 0) is 14.3 Å². The molecular formula is C27H41NO3. The second-order valence-electron chi connectivity index (χ2n) is 11.0. The highest BCUT2D eigenvalue weighted by Gasteiger charge is 2.53. The molecule has 1 N–H and O–H groups in total. The van der Waals surface area contributed by atoms with Gasteiger partial charge in [0.2, 0.25) is 0 Å². The summed E-state index contributed by atoms with van der Waals surface area (Å²) < 4.78 is 5.72. The zero-order chi connectivity index (χ0) is 23.1. The van der Waals surface area contributed by atoms with Gasteiger partial charge < -0.3 is 10.1 Å². The highest BCUT2D eigenvalue weighted by Crippen LogP contribution is 2.56. The molecule has 172 valence electrons. The number of allylic oxidation sites excluding steroid dienone is 4. The first-order valence-electron chi connectivity index (χ1n) is 11.9. The number of carbonyl (C=O) groups is 2. The molecule has 0 saturated heterocycles. The quantitative estimate of drug-likeness (QED) is 0.443. The van der Waals surface area contributed by atoms with Gasteiger partial charge >= 0.3 is 0 Å². The number of nitrogens with one attached hydrogen (secondary N) is 1. The van der Waals surface area contributed by atoms with Crippen molar-refractivity contribution in [3.05, 3.63) is 34.9 Å². The molecule has 0 aromatic heterocycles. The van der Waals surface area contributed by atoms with E-state index < -0.39 is 5.72 Å². The molecule has 4 heteroatoms. The monoisotopic (exact) mass is 427 g/mol. The number of rotatable bonds is 6. The van der Waals surface area contributed by atoms with Crippen molar-refractivity contribution in [3.63, 3.8) is 0 Å². The van der Waals surface area contributed by atoms with Crippen molar-refractivity contribution < 1.29 is 14.3 Å². The molecule has 1 heterocycles. The molecule has 31 heavy (non-hydrogen) atoms. The molecule has 4 nitrogen and oxygen atoms in total. The van der Waals surface area contributed by atoms with E-state index in [-0.39, 0.29) is 40.4 Å². The van der Waals surface area contributed by atoms with E-state index in [1.165, 1.54) is 11.1 Å². The summed E-state index contributed by atoms with van der Waals surface area (Å²) in [6.45, 7) is 15.2. The first-order valence-corrected chi connectivity index (χ1v) is 11.9. The number of Topliss-reactive ketones (excluding diaryl/α,β-unsaturated/α-hetero) is 1. The Labute approximate surface area is 188 Å². The average Bonchev–Trinajstić information content (AvgIpc) is 3.00. The molecule has 0 aromatic carbocycles. The third-order valence-corrected chi connectivity index (χ3v) is 7.98. The highest BCUT2D eigenvalue weighted by molar-refractivity contribution is 6.22. The zero-order valence-corrected chi connectivity index (χ0v) is 20.7. The maximum absolute atomic E-state index is 14.1. The minimum Gasteiger partial charge on any atom is -0.355 e. The van der Waals surface area contributed by atoms with Crippen LogP contribution in [0.5, 0.6) is 0 Å². The van der Waals surface area contributed by atoms with Gasteiger partial charge in [-0.1, -0.05) is 57.4 Å². The van der Waals surface area contributed by atoms with Crippen LogP contribution < -0.4 is 5.32 Å². The van der Waals surface area contributed by atoms with Crippen molar-refractivity contribution in [2.24, 2.45) is 35.0 Å². The predicted molar refractivity (Wildman–Crippen MR) is 125 cm³/mol. The summed E-state index contributed by atoms with van der Waals surface area (Å²) in [5.41, 5.74) is 1.88. The molecule has 0 unspecified atom stereocenters. The Morgan fingerprint density at radius 2 is 2.00 bits per heavy atom. The summed E-state index contributed by atoms with van der Waals surface area (Å²) in [6, 6.07) is 0. The predicted octanol–water partition coefficient (Wildman–Crippen LogP) is 5.60. The van der Waals surface area contributed by atoms with Crippen LogP contribution in [0.25, 0.3) is 0 Å². The first-order chi connectivity index (χ1) is 14.5. The molecule has 6 atom stereocenters. The maximum Gasteiger partial charge on any atom is 0.257 e. The van der Waals surface area contributed by atoms with E-state index >= 15 is 0 Å². The van der Waals surface area contributed by atoms with Gasteiger partial charge in [0.1, 0.15) is 0 Å². The van der Waals surface area contributed by atoms with Gasteiger partial charge in [0.05, 0.1) is 5.57 Å². The zero-order valence-electron chi connectivity index (χ0n) is 20.7. The Morgan fingerprint density at radius 3 is 2.58 bits per heavy atom. The van der Waals surface area contributed by atoms with Crippen LogP contribution >= 0.6 is 0 Å². The molecule has 0 aromatic rings. The van der Waals surface area contributed by atoms with Crippen molar-refractivity contribution in [2.75, 3.05) is 7.11 Å². The van der Waals surface area contributed by atoms with Crippen molar-refractivity contribution in [3.8, 4) is 0 Å². The van der Waals surface area contributed by atoms with E-state index in [2.05, 4.69) is 59.0 Å². The number of hydrogen-bond acceptors (Lipinski definition) is 3. The van der Waals surface area contributed by atoms with E-state index in [9.17, 15) is 9.59 Å². The van der Waals surface area contributed by atoms with Crippen LogP contribution in [0.1, 0.15) is 74.1 Å². The van der Waals surface area contributed by atoms with Crippen molar-refractivity contribution in [1.82, 2.24) is 5.32 Å². The average molecular weight is 428 g/mol. The molecular weight excluding hydrogens is 386 g/mol. The van der Waals surface area contributed by atoms with E-state index in [0.717, 1.165) is 19.3 Å². The van der Waals surface area contributed by atoms with Gasteiger partial charge in [-0.3, -0.25) is 9.59 Å². The molecule has 3 aliphatic rings. The molecule has 1 aliphatic heterocycles. The van der Waals surface area contributed by atoms with Crippen molar-refractivity contribution >= 4 is 11.7 Å². The molecule has 1 fully saturated rings. The van der Waals surface area contributed by atoms with E-state index in [1.807, 2.05) is 6.92 Å². The number of amides is 1.